The van der Waals surface area contributed by atoms with Gasteiger partial charge in [0.15, 0.2) is 0 Å². The summed E-state index contributed by atoms with van der Waals surface area (Å²) in [5.74, 6) is 1.88. The van der Waals surface area contributed by atoms with E-state index in [9.17, 15) is 4.79 Å². The van der Waals surface area contributed by atoms with Gasteiger partial charge in [-0.3, -0.25) is 9.78 Å². The predicted octanol–water partition coefficient (Wildman–Crippen LogP) is 3.64. The fraction of sp³-hybridized carbons (Fsp3) is 0.647. The number of thioether (sulfide) groups is 1. The van der Waals surface area contributed by atoms with Gasteiger partial charge >= 0.3 is 0 Å². The van der Waals surface area contributed by atoms with Crippen molar-refractivity contribution in [3.63, 3.8) is 0 Å². The first kappa shape index (κ1) is 14.9. The molecule has 0 N–H and O–H groups in total. The number of carbonyl (C=O) groups excluding carboxylic acids is 1. The Morgan fingerprint density at radius 2 is 1.76 bits per heavy atom. The summed E-state index contributed by atoms with van der Waals surface area (Å²) in [7, 11) is 0. The SMILES string of the molecule is O=C(CSCc1ccncc1)N(C1CCCCC1)C1CC1. The highest BCUT2D eigenvalue weighted by atomic mass is 32.2. The second kappa shape index (κ2) is 7.30. The van der Waals surface area contributed by atoms with Gasteiger partial charge in [0.1, 0.15) is 0 Å². The van der Waals surface area contributed by atoms with Crippen LogP contribution in [0.25, 0.3) is 0 Å². The van der Waals surface area contributed by atoms with Gasteiger partial charge < -0.3 is 4.90 Å². The van der Waals surface area contributed by atoms with Crippen LogP contribution in [0.2, 0.25) is 0 Å². The third-order valence-corrected chi connectivity index (χ3v) is 5.43. The van der Waals surface area contributed by atoms with Crippen molar-refractivity contribution in [3.8, 4) is 0 Å². The fourth-order valence-corrected chi connectivity index (χ4v) is 4.08. The maximum Gasteiger partial charge on any atom is 0.233 e. The molecule has 114 valence electrons. The molecule has 4 heteroatoms. The molecule has 0 spiro atoms. The molecule has 0 aromatic carbocycles. The van der Waals surface area contributed by atoms with E-state index in [-0.39, 0.29) is 0 Å². The minimum atomic E-state index is 0.364. The molecular formula is C17H24N2OS. The second-order valence-corrected chi connectivity index (χ2v) is 7.16. The van der Waals surface area contributed by atoms with E-state index in [4.69, 9.17) is 0 Å². The van der Waals surface area contributed by atoms with Crippen LogP contribution < -0.4 is 0 Å². The van der Waals surface area contributed by atoms with Crippen molar-refractivity contribution in [1.29, 1.82) is 0 Å². The Labute approximate surface area is 131 Å². The summed E-state index contributed by atoms with van der Waals surface area (Å²) in [5, 5.41) is 0. The highest BCUT2D eigenvalue weighted by Crippen LogP contribution is 2.34. The number of pyridine rings is 1. The Morgan fingerprint density at radius 1 is 1.10 bits per heavy atom. The Balaban J connectivity index is 1.50. The predicted molar refractivity (Wildman–Crippen MR) is 87.1 cm³/mol. The van der Waals surface area contributed by atoms with Crippen LogP contribution in [0.5, 0.6) is 0 Å². The van der Waals surface area contributed by atoms with Crippen LogP contribution in [0.15, 0.2) is 24.5 Å². The molecule has 1 aromatic rings. The molecule has 3 nitrogen and oxygen atoms in total. The van der Waals surface area contributed by atoms with Crippen LogP contribution in [0.3, 0.4) is 0 Å². The quantitative estimate of drug-likeness (QED) is 0.804. The molecule has 2 saturated carbocycles. The summed E-state index contributed by atoms with van der Waals surface area (Å²) in [6, 6.07) is 5.14. The first-order valence-electron chi connectivity index (χ1n) is 8.12. The average molecular weight is 304 g/mol. The van der Waals surface area contributed by atoms with E-state index >= 15 is 0 Å². The van der Waals surface area contributed by atoms with E-state index in [1.807, 2.05) is 24.5 Å². The van der Waals surface area contributed by atoms with Crippen LogP contribution in [-0.2, 0) is 10.5 Å². The number of carbonyl (C=O) groups is 1. The molecule has 1 aromatic heterocycles. The van der Waals surface area contributed by atoms with E-state index in [1.54, 1.807) is 11.8 Å². The van der Waals surface area contributed by atoms with Crippen molar-refractivity contribution in [2.75, 3.05) is 5.75 Å². The zero-order chi connectivity index (χ0) is 14.5. The standard InChI is InChI=1S/C17H24N2OS/c20-17(13-21-12-14-8-10-18-11-9-14)19(16-6-7-16)15-4-2-1-3-5-15/h8-11,15-16H,1-7,12-13H2. The van der Waals surface area contributed by atoms with Crippen LogP contribution in [0.1, 0.15) is 50.5 Å². The van der Waals surface area contributed by atoms with Gasteiger partial charge in [0.2, 0.25) is 5.91 Å². The fourth-order valence-electron chi connectivity index (χ4n) is 3.23. The highest BCUT2D eigenvalue weighted by molar-refractivity contribution is 7.99. The number of hydrogen-bond donors (Lipinski definition) is 0. The van der Waals surface area contributed by atoms with E-state index in [1.165, 1.54) is 50.5 Å². The Bertz CT molecular complexity index is 455. The summed E-state index contributed by atoms with van der Waals surface area (Å²) in [6.07, 6.45) is 12.5. The first-order chi connectivity index (χ1) is 10.3. The Hall–Kier alpha value is -1.03. The van der Waals surface area contributed by atoms with Crippen LogP contribution in [0, 0.1) is 0 Å². The number of aromatic nitrogens is 1. The molecular weight excluding hydrogens is 280 g/mol. The number of hydrogen-bond acceptors (Lipinski definition) is 3. The van der Waals surface area contributed by atoms with Crippen molar-refractivity contribution in [3.05, 3.63) is 30.1 Å². The van der Waals surface area contributed by atoms with Gasteiger partial charge in [0, 0.05) is 30.2 Å². The Morgan fingerprint density at radius 3 is 2.43 bits per heavy atom. The van der Waals surface area contributed by atoms with Crippen molar-refractivity contribution < 1.29 is 4.79 Å². The van der Waals surface area contributed by atoms with Crippen molar-refractivity contribution >= 4 is 17.7 Å². The molecule has 0 unspecified atom stereocenters. The van der Waals surface area contributed by atoms with E-state index in [0.717, 1.165) is 5.75 Å². The molecule has 3 rings (SSSR count). The van der Waals surface area contributed by atoms with E-state index in [0.29, 0.717) is 23.7 Å². The molecule has 0 bridgehead atoms. The van der Waals surface area contributed by atoms with E-state index < -0.39 is 0 Å². The van der Waals surface area contributed by atoms with Crippen LogP contribution in [-0.4, -0.2) is 33.6 Å². The third-order valence-electron chi connectivity index (χ3n) is 4.44. The molecule has 0 radical (unpaired) electrons. The summed E-state index contributed by atoms with van der Waals surface area (Å²) in [5.41, 5.74) is 1.25. The topological polar surface area (TPSA) is 33.2 Å². The van der Waals surface area contributed by atoms with Crippen molar-refractivity contribution in [2.24, 2.45) is 0 Å². The van der Waals surface area contributed by atoms with Gasteiger partial charge in [0.05, 0.1) is 5.75 Å². The number of amides is 1. The van der Waals surface area contributed by atoms with Crippen molar-refractivity contribution in [1.82, 2.24) is 9.88 Å². The maximum absolute atomic E-state index is 12.6. The third kappa shape index (κ3) is 4.22. The lowest BCUT2D eigenvalue weighted by molar-refractivity contribution is -0.132. The lowest BCUT2D eigenvalue weighted by Gasteiger charge is -2.34. The highest BCUT2D eigenvalue weighted by Gasteiger charge is 2.37. The summed E-state index contributed by atoms with van der Waals surface area (Å²) in [4.78, 5) is 18.9. The first-order valence-corrected chi connectivity index (χ1v) is 9.28. The Kier molecular flexibility index (Phi) is 5.17. The minimum Gasteiger partial charge on any atom is -0.336 e. The van der Waals surface area contributed by atoms with Gasteiger partial charge in [-0.1, -0.05) is 19.3 Å². The molecule has 0 saturated heterocycles. The monoisotopic (exact) mass is 304 g/mol. The summed E-state index contributed by atoms with van der Waals surface area (Å²) >= 11 is 1.73. The average Bonchev–Trinajstić information content (AvgIpc) is 3.34. The molecule has 0 aliphatic heterocycles. The zero-order valence-corrected chi connectivity index (χ0v) is 13.4. The largest absolute Gasteiger partial charge is 0.336 e. The van der Waals surface area contributed by atoms with Gasteiger partial charge in [-0.2, -0.15) is 0 Å². The molecule has 1 amide bonds. The van der Waals surface area contributed by atoms with Gasteiger partial charge in [-0.05, 0) is 43.4 Å². The van der Waals surface area contributed by atoms with Gasteiger partial charge in [-0.25, -0.2) is 0 Å². The minimum absolute atomic E-state index is 0.364. The maximum atomic E-state index is 12.6. The van der Waals surface area contributed by atoms with Crippen LogP contribution in [0.4, 0.5) is 0 Å². The summed E-state index contributed by atoms with van der Waals surface area (Å²) in [6.45, 7) is 0. The van der Waals surface area contributed by atoms with E-state index in [2.05, 4.69) is 9.88 Å². The molecule has 0 atom stereocenters. The number of rotatable bonds is 6. The van der Waals surface area contributed by atoms with Gasteiger partial charge in [-0.15, -0.1) is 11.8 Å². The zero-order valence-electron chi connectivity index (χ0n) is 12.5. The normalized spacial score (nSPS) is 19.4. The van der Waals surface area contributed by atoms with Crippen LogP contribution >= 0.6 is 11.8 Å². The molecule has 2 aliphatic rings. The van der Waals surface area contributed by atoms with Crippen molar-refractivity contribution in [2.45, 2.75) is 62.8 Å². The lowest BCUT2D eigenvalue weighted by Crippen LogP contribution is -2.44. The molecule has 1 heterocycles. The molecule has 2 fully saturated rings. The smallest absolute Gasteiger partial charge is 0.233 e. The van der Waals surface area contributed by atoms with Gasteiger partial charge in [0.25, 0.3) is 0 Å². The number of nitrogens with zero attached hydrogens (tertiary/aromatic N) is 2. The second-order valence-electron chi connectivity index (χ2n) is 6.17. The molecule has 2 aliphatic carbocycles. The lowest BCUT2D eigenvalue weighted by atomic mass is 9.94. The summed E-state index contributed by atoms with van der Waals surface area (Å²) < 4.78 is 0. The molecule has 21 heavy (non-hydrogen) atoms.